The molecular weight excluding hydrogens is 412 g/mol. The molecule has 2 N–H and O–H groups in total. The number of amides is 3. The minimum atomic E-state index is -3.20. The molecule has 3 amide bonds. The van der Waals surface area contributed by atoms with Gasteiger partial charge >= 0.3 is 0 Å². The van der Waals surface area contributed by atoms with E-state index in [2.05, 4.69) is 16.0 Å². The van der Waals surface area contributed by atoms with Gasteiger partial charge < -0.3 is 4.74 Å². The molecule has 2 heterocycles. The third-order valence-electron chi connectivity index (χ3n) is 4.89. The van der Waals surface area contributed by atoms with E-state index >= 15 is 0 Å². The molecule has 0 aromatic heterocycles. The maximum atomic E-state index is 12.3. The Morgan fingerprint density at radius 2 is 2.00 bits per heavy atom. The maximum absolute atomic E-state index is 12.3. The standard InChI is InChI=1S/C19H24N4O6S/c1-12-3-4-13(2)16(9-12)29-10-17(24)20-21-19(26)15-5-6-18(25)23(22-15)14-7-8-30(27,28)11-14/h3-4,9,14H,5-8,10-11H2,1-2H3,(H,20,24)(H,21,26). The van der Waals surface area contributed by atoms with Gasteiger partial charge in [0.15, 0.2) is 16.4 Å². The lowest BCUT2D eigenvalue weighted by Gasteiger charge is -2.27. The molecule has 2 aliphatic rings. The molecule has 30 heavy (non-hydrogen) atoms. The van der Waals surface area contributed by atoms with Gasteiger partial charge in [-0.05, 0) is 37.5 Å². The van der Waals surface area contributed by atoms with E-state index in [1.807, 2.05) is 32.0 Å². The second-order valence-corrected chi connectivity index (χ2v) is 9.63. The molecule has 0 bridgehead atoms. The van der Waals surface area contributed by atoms with Crippen LogP contribution in [0.25, 0.3) is 0 Å². The van der Waals surface area contributed by atoms with E-state index in [4.69, 9.17) is 4.74 Å². The third kappa shape index (κ3) is 5.35. The molecule has 162 valence electrons. The van der Waals surface area contributed by atoms with Crippen LogP contribution in [0.5, 0.6) is 5.75 Å². The molecule has 10 nitrogen and oxygen atoms in total. The van der Waals surface area contributed by atoms with Crippen molar-refractivity contribution in [2.45, 2.75) is 39.2 Å². The molecule has 1 saturated heterocycles. The molecule has 0 spiro atoms. The molecule has 0 aliphatic carbocycles. The molecule has 1 aromatic carbocycles. The minimum Gasteiger partial charge on any atom is -0.483 e. The van der Waals surface area contributed by atoms with Crippen LogP contribution in [-0.2, 0) is 24.2 Å². The number of ether oxygens (including phenoxy) is 1. The quantitative estimate of drug-likeness (QED) is 0.624. The normalized spacial score (nSPS) is 20.5. The monoisotopic (exact) mass is 436 g/mol. The Morgan fingerprint density at radius 3 is 2.70 bits per heavy atom. The zero-order valence-corrected chi connectivity index (χ0v) is 17.6. The predicted octanol–water partition coefficient (Wildman–Crippen LogP) is -0.00486. The number of sulfone groups is 1. The molecule has 1 fully saturated rings. The minimum absolute atomic E-state index is 0.00499. The van der Waals surface area contributed by atoms with E-state index in [1.54, 1.807) is 0 Å². The van der Waals surface area contributed by atoms with Gasteiger partial charge in [-0.25, -0.2) is 13.4 Å². The van der Waals surface area contributed by atoms with Crippen molar-refractivity contribution in [3.63, 3.8) is 0 Å². The Labute approximate surface area is 174 Å². The van der Waals surface area contributed by atoms with Crippen molar-refractivity contribution >= 4 is 33.3 Å². The fraction of sp³-hybridized carbons (Fsp3) is 0.474. The Kier molecular flexibility index (Phi) is 6.40. The summed E-state index contributed by atoms with van der Waals surface area (Å²) in [6.45, 7) is 3.48. The molecule has 1 atom stereocenters. The molecule has 3 rings (SSSR count). The van der Waals surface area contributed by atoms with E-state index < -0.39 is 27.7 Å². The number of benzene rings is 1. The number of carbonyl (C=O) groups excluding carboxylic acids is 3. The lowest BCUT2D eigenvalue weighted by atomic mass is 10.1. The number of hydrogen-bond acceptors (Lipinski definition) is 7. The van der Waals surface area contributed by atoms with Crippen LogP contribution in [0.1, 0.15) is 30.4 Å². The number of rotatable bonds is 5. The fourth-order valence-corrected chi connectivity index (χ4v) is 4.92. The summed E-state index contributed by atoms with van der Waals surface area (Å²) in [4.78, 5) is 36.4. The highest BCUT2D eigenvalue weighted by Gasteiger charge is 2.37. The predicted molar refractivity (Wildman–Crippen MR) is 108 cm³/mol. The van der Waals surface area contributed by atoms with Gasteiger partial charge in [0.25, 0.3) is 11.8 Å². The molecule has 11 heteroatoms. The summed E-state index contributed by atoms with van der Waals surface area (Å²) in [6.07, 6.45) is 0.445. The summed E-state index contributed by atoms with van der Waals surface area (Å²) in [5.74, 6) is -1.13. The largest absolute Gasteiger partial charge is 0.483 e. The number of nitrogens with zero attached hydrogens (tertiary/aromatic N) is 2. The zero-order valence-electron chi connectivity index (χ0n) is 16.8. The molecule has 0 radical (unpaired) electrons. The van der Waals surface area contributed by atoms with Gasteiger partial charge in [-0.3, -0.25) is 25.2 Å². The third-order valence-corrected chi connectivity index (χ3v) is 6.64. The summed E-state index contributed by atoms with van der Waals surface area (Å²) in [5.41, 5.74) is 6.43. The average molecular weight is 436 g/mol. The Balaban J connectivity index is 1.53. The van der Waals surface area contributed by atoms with Crippen LogP contribution in [-0.4, -0.2) is 61.0 Å². The van der Waals surface area contributed by atoms with Crippen LogP contribution in [0, 0.1) is 13.8 Å². The number of carbonyl (C=O) groups is 3. The zero-order chi connectivity index (χ0) is 21.9. The smallest absolute Gasteiger partial charge is 0.285 e. The topological polar surface area (TPSA) is 134 Å². The first kappa shape index (κ1) is 21.8. The van der Waals surface area contributed by atoms with Crippen LogP contribution in [0.3, 0.4) is 0 Å². The van der Waals surface area contributed by atoms with Gasteiger partial charge in [-0.1, -0.05) is 12.1 Å². The van der Waals surface area contributed by atoms with Crippen LogP contribution < -0.4 is 15.6 Å². The SMILES string of the molecule is Cc1ccc(C)c(OCC(=O)NNC(=O)C2=NN(C3CCS(=O)(=O)C3)C(=O)CC2)c1. The van der Waals surface area contributed by atoms with Crippen molar-refractivity contribution in [2.24, 2.45) is 5.10 Å². The summed E-state index contributed by atoms with van der Waals surface area (Å²) in [5, 5.41) is 5.14. The molecule has 1 aromatic rings. The van der Waals surface area contributed by atoms with E-state index in [0.29, 0.717) is 12.2 Å². The summed E-state index contributed by atoms with van der Waals surface area (Å²) < 4.78 is 28.8. The van der Waals surface area contributed by atoms with Gasteiger partial charge in [0.2, 0.25) is 5.91 Å². The van der Waals surface area contributed by atoms with Gasteiger partial charge in [-0.2, -0.15) is 5.10 Å². The summed E-state index contributed by atoms with van der Waals surface area (Å²) >= 11 is 0. The number of hydrogen-bond donors (Lipinski definition) is 2. The number of hydrazine groups is 1. The van der Waals surface area contributed by atoms with Gasteiger partial charge in [0.05, 0.1) is 17.5 Å². The van der Waals surface area contributed by atoms with E-state index in [0.717, 1.165) is 16.1 Å². The highest BCUT2D eigenvalue weighted by Crippen LogP contribution is 2.22. The Bertz CT molecular complexity index is 1000. The molecule has 2 aliphatic heterocycles. The van der Waals surface area contributed by atoms with E-state index in [1.165, 1.54) is 0 Å². The van der Waals surface area contributed by atoms with Gasteiger partial charge in [0.1, 0.15) is 11.5 Å². The first-order valence-corrected chi connectivity index (χ1v) is 11.4. The van der Waals surface area contributed by atoms with E-state index in [-0.39, 0.29) is 42.6 Å². The van der Waals surface area contributed by atoms with Crippen molar-refractivity contribution in [1.29, 1.82) is 0 Å². The number of hydrazone groups is 1. The molecule has 0 saturated carbocycles. The second-order valence-electron chi connectivity index (χ2n) is 7.40. The van der Waals surface area contributed by atoms with Crippen LogP contribution in [0.2, 0.25) is 0 Å². The lowest BCUT2D eigenvalue weighted by molar-refractivity contribution is -0.134. The van der Waals surface area contributed by atoms with E-state index in [9.17, 15) is 22.8 Å². The first-order valence-electron chi connectivity index (χ1n) is 9.54. The first-order chi connectivity index (χ1) is 14.1. The average Bonchev–Trinajstić information content (AvgIpc) is 3.06. The van der Waals surface area contributed by atoms with Gasteiger partial charge in [-0.15, -0.1) is 0 Å². The Morgan fingerprint density at radius 1 is 1.23 bits per heavy atom. The van der Waals surface area contributed by atoms with Crippen molar-refractivity contribution in [1.82, 2.24) is 15.9 Å². The highest BCUT2D eigenvalue weighted by atomic mass is 32.2. The maximum Gasteiger partial charge on any atom is 0.285 e. The number of aryl methyl sites for hydroxylation is 2. The highest BCUT2D eigenvalue weighted by molar-refractivity contribution is 7.91. The summed E-state index contributed by atoms with van der Waals surface area (Å²) in [7, 11) is -3.20. The van der Waals surface area contributed by atoms with Gasteiger partial charge in [0, 0.05) is 12.8 Å². The van der Waals surface area contributed by atoms with Crippen molar-refractivity contribution in [3.05, 3.63) is 29.3 Å². The van der Waals surface area contributed by atoms with Crippen LogP contribution >= 0.6 is 0 Å². The summed E-state index contributed by atoms with van der Waals surface area (Å²) in [6, 6.07) is 5.06. The molecule has 1 unspecified atom stereocenters. The van der Waals surface area contributed by atoms with Crippen LogP contribution in [0.15, 0.2) is 23.3 Å². The lowest BCUT2D eigenvalue weighted by Crippen LogP contribution is -2.49. The Hall–Kier alpha value is -2.95. The van der Waals surface area contributed by atoms with Crippen molar-refractivity contribution < 1.29 is 27.5 Å². The fourth-order valence-electron chi connectivity index (χ4n) is 3.23. The molecular formula is C19H24N4O6S. The number of nitrogens with one attached hydrogen (secondary N) is 2. The van der Waals surface area contributed by atoms with Crippen LogP contribution in [0.4, 0.5) is 0 Å². The van der Waals surface area contributed by atoms with Crippen molar-refractivity contribution in [3.8, 4) is 5.75 Å². The van der Waals surface area contributed by atoms with Crippen molar-refractivity contribution in [2.75, 3.05) is 18.1 Å². The second kappa shape index (κ2) is 8.82.